The molecule has 0 atom stereocenters. The molecule has 0 aliphatic carbocycles. The molecule has 26 heavy (non-hydrogen) atoms. The van der Waals surface area contributed by atoms with Gasteiger partial charge in [-0.2, -0.15) is 5.10 Å². The predicted molar refractivity (Wildman–Crippen MR) is 100 cm³/mol. The number of nitrogens with one attached hydrogen (secondary N) is 1. The summed E-state index contributed by atoms with van der Waals surface area (Å²) in [7, 11) is 0. The van der Waals surface area contributed by atoms with Crippen LogP contribution in [0.25, 0.3) is 10.9 Å². The van der Waals surface area contributed by atoms with Crippen LogP contribution in [0.2, 0.25) is 0 Å². The molecule has 6 nitrogen and oxygen atoms in total. The van der Waals surface area contributed by atoms with Crippen LogP contribution >= 0.6 is 0 Å². The number of carbonyl (C=O) groups is 2. The van der Waals surface area contributed by atoms with E-state index in [2.05, 4.69) is 16.5 Å². The standard InChI is InChI=1S/C20H21N3O3/c1-3-26-20(25)15-5-7-17(8-6-15)22-19(24)10-11-23-18-9-4-14(2)12-16(18)13-21-23/h4-9,12-13H,3,10-11H2,1-2H3,(H,22,24). The Morgan fingerprint density at radius 2 is 1.92 bits per heavy atom. The van der Waals surface area contributed by atoms with E-state index in [9.17, 15) is 9.59 Å². The Morgan fingerprint density at radius 3 is 2.65 bits per heavy atom. The zero-order chi connectivity index (χ0) is 18.5. The van der Waals surface area contributed by atoms with Crippen LogP contribution in [-0.2, 0) is 16.1 Å². The van der Waals surface area contributed by atoms with Gasteiger partial charge in [0.25, 0.3) is 0 Å². The molecule has 3 rings (SSSR count). The Hall–Kier alpha value is -3.15. The van der Waals surface area contributed by atoms with Crippen LogP contribution < -0.4 is 5.32 Å². The molecule has 0 saturated carbocycles. The normalized spacial score (nSPS) is 10.7. The van der Waals surface area contributed by atoms with E-state index in [4.69, 9.17) is 4.74 Å². The number of benzene rings is 2. The van der Waals surface area contributed by atoms with Gasteiger partial charge < -0.3 is 10.1 Å². The van der Waals surface area contributed by atoms with Crippen LogP contribution in [-0.4, -0.2) is 28.3 Å². The van der Waals surface area contributed by atoms with E-state index in [1.807, 2.05) is 29.9 Å². The van der Waals surface area contributed by atoms with Crippen molar-refractivity contribution in [1.29, 1.82) is 0 Å². The van der Waals surface area contributed by atoms with Gasteiger partial charge in [0.1, 0.15) is 0 Å². The highest BCUT2D eigenvalue weighted by molar-refractivity contribution is 5.93. The number of amides is 1. The van der Waals surface area contributed by atoms with Gasteiger partial charge in [0.05, 0.1) is 30.4 Å². The first-order valence-corrected chi connectivity index (χ1v) is 8.56. The van der Waals surface area contributed by atoms with Crippen LogP contribution in [0, 0.1) is 6.92 Å². The molecule has 0 aliphatic heterocycles. The van der Waals surface area contributed by atoms with Gasteiger partial charge in [0, 0.05) is 17.5 Å². The molecule has 0 bridgehead atoms. The molecule has 0 spiro atoms. The first-order valence-electron chi connectivity index (χ1n) is 8.56. The topological polar surface area (TPSA) is 73.2 Å². The van der Waals surface area contributed by atoms with Crippen LogP contribution in [0.15, 0.2) is 48.7 Å². The molecular formula is C20H21N3O3. The summed E-state index contributed by atoms with van der Waals surface area (Å²) in [6.45, 7) is 4.63. The summed E-state index contributed by atoms with van der Waals surface area (Å²) in [5, 5.41) is 8.25. The molecule has 1 aromatic heterocycles. The quantitative estimate of drug-likeness (QED) is 0.689. The van der Waals surface area contributed by atoms with Crippen LogP contribution in [0.5, 0.6) is 0 Å². The highest BCUT2D eigenvalue weighted by Crippen LogP contribution is 2.16. The average molecular weight is 351 g/mol. The molecule has 1 heterocycles. The van der Waals surface area contributed by atoms with Crippen molar-refractivity contribution in [2.45, 2.75) is 26.8 Å². The third-order valence-electron chi connectivity index (χ3n) is 4.03. The molecule has 2 aromatic carbocycles. The van der Waals surface area contributed by atoms with E-state index in [0.29, 0.717) is 30.8 Å². The maximum Gasteiger partial charge on any atom is 0.338 e. The molecule has 134 valence electrons. The average Bonchev–Trinajstić information content (AvgIpc) is 3.03. The van der Waals surface area contributed by atoms with E-state index in [1.54, 1.807) is 31.2 Å². The molecule has 0 saturated heterocycles. The number of anilines is 1. The summed E-state index contributed by atoms with van der Waals surface area (Å²) in [4.78, 5) is 23.8. The maximum absolute atomic E-state index is 12.2. The number of hydrogen-bond donors (Lipinski definition) is 1. The third-order valence-corrected chi connectivity index (χ3v) is 4.03. The van der Waals surface area contributed by atoms with Crippen molar-refractivity contribution < 1.29 is 14.3 Å². The zero-order valence-electron chi connectivity index (χ0n) is 14.9. The van der Waals surface area contributed by atoms with Crippen molar-refractivity contribution in [2.24, 2.45) is 0 Å². The Kier molecular flexibility index (Phi) is 5.31. The SMILES string of the molecule is CCOC(=O)c1ccc(NC(=O)CCn2ncc3cc(C)ccc32)cc1. The van der Waals surface area contributed by atoms with E-state index < -0.39 is 0 Å². The second-order valence-electron chi connectivity index (χ2n) is 6.03. The van der Waals surface area contributed by atoms with Crippen molar-refractivity contribution >= 4 is 28.5 Å². The molecule has 0 aliphatic rings. The predicted octanol–water partition coefficient (Wildman–Crippen LogP) is 3.55. The summed E-state index contributed by atoms with van der Waals surface area (Å²) in [6.07, 6.45) is 2.12. The summed E-state index contributed by atoms with van der Waals surface area (Å²) >= 11 is 0. The number of carbonyl (C=O) groups excluding carboxylic acids is 2. The maximum atomic E-state index is 12.2. The Bertz CT molecular complexity index is 929. The Balaban J connectivity index is 1.57. The molecule has 0 unspecified atom stereocenters. The fourth-order valence-corrected chi connectivity index (χ4v) is 2.72. The first-order chi connectivity index (χ1) is 12.6. The van der Waals surface area contributed by atoms with Gasteiger partial charge in [-0.1, -0.05) is 11.6 Å². The molecule has 3 aromatic rings. The highest BCUT2D eigenvalue weighted by atomic mass is 16.5. The lowest BCUT2D eigenvalue weighted by Gasteiger charge is -2.07. The van der Waals surface area contributed by atoms with E-state index in [0.717, 1.165) is 10.9 Å². The largest absolute Gasteiger partial charge is 0.462 e. The molecular weight excluding hydrogens is 330 g/mol. The summed E-state index contributed by atoms with van der Waals surface area (Å²) in [6, 6.07) is 12.8. The van der Waals surface area contributed by atoms with Crippen molar-refractivity contribution in [3.05, 3.63) is 59.8 Å². The summed E-state index contributed by atoms with van der Waals surface area (Å²) in [5.41, 5.74) is 3.30. The monoisotopic (exact) mass is 351 g/mol. The molecule has 1 N–H and O–H groups in total. The minimum Gasteiger partial charge on any atom is -0.462 e. The van der Waals surface area contributed by atoms with Crippen molar-refractivity contribution in [1.82, 2.24) is 9.78 Å². The van der Waals surface area contributed by atoms with Gasteiger partial charge in [-0.3, -0.25) is 9.48 Å². The number of aromatic nitrogens is 2. The van der Waals surface area contributed by atoms with Gasteiger partial charge in [-0.25, -0.2) is 4.79 Å². The first kappa shape index (κ1) is 17.7. The smallest absolute Gasteiger partial charge is 0.338 e. The van der Waals surface area contributed by atoms with Crippen molar-refractivity contribution in [3.63, 3.8) is 0 Å². The summed E-state index contributed by atoms with van der Waals surface area (Å²) < 4.78 is 6.77. The van der Waals surface area contributed by atoms with E-state index in [-0.39, 0.29) is 11.9 Å². The third kappa shape index (κ3) is 4.08. The van der Waals surface area contributed by atoms with Gasteiger partial charge in [0.15, 0.2) is 0 Å². The van der Waals surface area contributed by atoms with Crippen LogP contribution in [0.1, 0.15) is 29.3 Å². The van der Waals surface area contributed by atoms with Crippen LogP contribution in [0.4, 0.5) is 5.69 Å². The molecule has 0 radical (unpaired) electrons. The number of fused-ring (bicyclic) bond motifs is 1. The fraction of sp³-hybridized carbons (Fsp3) is 0.250. The van der Waals surface area contributed by atoms with Gasteiger partial charge >= 0.3 is 5.97 Å². The van der Waals surface area contributed by atoms with Gasteiger partial charge in [0.2, 0.25) is 5.91 Å². The lowest BCUT2D eigenvalue weighted by Crippen LogP contribution is -2.15. The van der Waals surface area contributed by atoms with Gasteiger partial charge in [-0.15, -0.1) is 0 Å². The summed E-state index contributed by atoms with van der Waals surface area (Å²) in [5.74, 6) is -0.476. The van der Waals surface area contributed by atoms with E-state index in [1.165, 1.54) is 5.56 Å². The molecule has 6 heteroatoms. The van der Waals surface area contributed by atoms with Gasteiger partial charge in [-0.05, 0) is 50.2 Å². The fourth-order valence-electron chi connectivity index (χ4n) is 2.72. The lowest BCUT2D eigenvalue weighted by atomic mass is 10.2. The number of hydrogen-bond acceptors (Lipinski definition) is 4. The highest BCUT2D eigenvalue weighted by Gasteiger charge is 2.09. The molecule has 0 fully saturated rings. The number of aryl methyl sites for hydroxylation is 2. The number of rotatable bonds is 6. The number of ether oxygens (including phenoxy) is 1. The van der Waals surface area contributed by atoms with Crippen LogP contribution in [0.3, 0.4) is 0 Å². The van der Waals surface area contributed by atoms with E-state index >= 15 is 0 Å². The Morgan fingerprint density at radius 1 is 1.15 bits per heavy atom. The second-order valence-corrected chi connectivity index (χ2v) is 6.03. The number of esters is 1. The van der Waals surface area contributed by atoms with Crippen molar-refractivity contribution in [3.8, 4) is 0 Å². The second kappa shape index (κ2) is 7.82. The lowest BCUT2D eigenvalue weighted by molar-refractivity contribution is -0.116. The zero-order valence-corrected chi connectivity index (χ0v) is 14.9. The Labute approximate surface area is 151 Å². The minimum absolute atomic E-state index is 0.107. The molecule has 1 amide bonds. The number of nitrogens with zero attached hydrogens (tertiary/aromatic N) is 2. The minimum atomic E-state index is -0.369. The van der Waals surface area contributed by atoms with Crippen molar-refractivity contribution in [2.75, 3.05) is 11.9 Å².